The second-order valence-corrected chi connectivity index (χ2v) is 7.27. The maximum Gasteiger partial charge on any atom is 0.380 e. The number of hydrogen-bond acceptors (Lipinski definition) is 8. The van der Waals surface area contributed by atoms with Gasteiger partial charge in [-0.15, -0.1) is 0 Å². The van der Waals surface area contributed by atoms with Crippen molar-refractivity contribution in [1.29, 1.82) is 0 Å². The molecule has 158 valence electrons. The van der Waals surface area contributed by atoms with Crippen LogP contribution < -0.4 is 25.3 Å². The van der Waals surface area contributed by atoms with Crippen molar-refractivity contribution in [3.05, 3.63) is 62.6 Å². The Morgan fingerprint density at radius 3 is 2.55 bits per heavy atom. The molecule has 0 saturated heterocycles. The normalized spacial score (nSPS) is 15.3. The van der Waals surface area contributed by atoms with Gasteiger partial charge in [-0.05, 0) is 23.8 Å². The minimum Gasteiger partial charge on any atom is -0.493 e. The molecule has 4 aromatic rings. The molecule has 0 bridgehead atoms. The molecule has 1 aliphatic rings. The van der Waals surface area contributed by atoms with Crippen molar-refractivity contribution in [1.82, 2.24) is 0 Å². The van der Waals surface area contributed by atoms with Crippen LogP contribution in [0.2, 0.25) is 0 Å². The quantitative estimate of drug-likeness (QED) is 0.231. The molecule has 0 saturated carbocycles. The molecule has 2 aromatic heterocycles. The molecule has 0 unspecified atom stereocenters. The summed E-state index contributed by atoms with van der Waals surface area (Å²) in [6.45, 7) is 3.59. The van der Waals surface area contributed by atoms with Gasteiger partial charge in [-0.3, -0.25) is 4.79 Å². The van der Waals surface area contributed by atoms with E-state index in [0.717, 1.165) is 0 Å². The van der Waals surface area contributed by atoms with E-state index in [1.807, 2.05) is 0 Å². The fourth-order valence-corrected chi connectivity index (χ4v) is 3.98. The molecule has 1 atom stereocenters. The van der Waals surface area contributed by atoms with Crippen LogP contribution in [-0.2, 0) is 6.42 Å². The van der Waals surface area contributed by atoms with E-state index in [-0.39, 0.29) is 34.2 Å². The van der Waals surface area contributed by atoms with E-state index in [0.29, 0.717) is 45.6 Å². The Kier molecular flexibility index (Phi) is 4.26. The van der Waals surface area contributed by atoms with Crippen LogP contribution >= 0.6 is 0 Å². The lowest BCUT2D eigenvalue weighted by Crippen LogP contribution is -2.17. The molecule has 0 amide bonds. The minimum absolute atomic E-state index is 0.106. The molecule has 0 spiro atoms. The van der Waals surface area contributed by atoms with Gasteiger partial charge in [0.25, 0.3) is 0 Å². The molecule has 2 aromatic carbocycles. The predicted molar refractivity (Wildman–Crippen MR) is 113 cm³/mol. The van der Waals surface area contributed by atoms with Crippen LogP contribution in [0.5, 0.6) is 17.2 Å². The lowest BCUT2D eigenvalue weighted by Gasteiger charge is -2.10. The Morgan fingerprint density at radius 2 is 1.84 bits per heavy atom. The van der Waals surface area contributed by atoms with Crippen molar-refractivity contribution in [2.24, 2.45) is 0 Å². The lowest BCUT2D eigenvalue weighted by molar-refractivity contribution is 0.234. The number of hydrogen-bond donors (Lipinski definition) is 1. The molecule has 31 heavy (non-hydrogen) atoms. The van der Waals surface area contributed by atoms with Crippen LogP contribution in [0.15, 0.2) is 54.8 Å². The number of fused-ring (bicyclic) bond motifs is 6. The number of rotatable bonds is 4. The molecular formula is C23H18O8. The van der Waals surface area contributed by atoms with Crippen molar-refractivity contribution in [2.45, 2.75) is 12.5 Å². The largest absolute Gasteiger partial charge is 0.493 e. The fourth-order valence-electron chi connectivity index (χ4n) is 3.98. The van der Waals surface area contributed by atoms with E-state index in [2.05, 4.69) is 6.58 Å². The molecule has 1 N–H and O–H groups in total. The number of aliphatic hydroxyl groups excluding tert-OH is 1. The first-order valence-corrected chi connectivity index (χ1v) is 9.53. The zero-order chi connectivity index (χ0) is 21.9. The maximum absolute atomic E-state index is 13.5. The summed E-state index contributed by atoms with van der Waals surface area (Å²) in [6.07, 6.45) is -0.0684. The lowest BCUT2D eigenvalue weighted by atomic mass is 10.0. The van der Waals surface area contributed by atoms with Gasteiger partial charge in [0.05, 0.1) is 31.6 Å². The van der Waals surface area contributed by atoms with Crippen LogP contribution in [0.25, 0.3) is 32.9 Å². The summed E-state index contributed by atoms with van der Waals surface area (Å²) in [7, 11) is 2.94. The Hall–Kier alpha value is -3.78. The highest BCUT2D eigenvalue weighted by molar-refractivity contribution is 6.06. The van der Waals surface area contributed by atoms with Gasteiger partial charge in [-0.1, -0.05) is 6.58 Å². The van der Waals surface area contributed by atoms with Gasteiger partial charge in [0.1, 0.15) is 23.0 Å². The van der Waals surface area contributed by atoms with Gasteiger partial charge in [0.15, 0.2) is 11.5 Å². The molecule has 0 radical (unpaired) electrons. The molecule has 8 heteroatoms. The molecule has 3 heterocycles. The zero-order valence-corrected chi connectivity index (χ0v) is 16.8. The average Bonchev–Trinajstić information content (AvgIpc) is 3.23. The summed E-state index contributed by atoms with van der Waals surface area (Å²) in [5, 5.41) is 10.2. The van der Waals surface area contributed by atoms with E-state index in [4.69, 9.17) is 23.0 Å². The van der Waals surface area contributed by atoms with Crippen molar-refractivity contribution in [2.75, 3.05) is 20.8 Å². The first-order chi connectivity index (χ1) is 15.0. The Morgan fingerprint density at radius 1 is 1.10 bits per heavy atom. The van der Waals surface area contributed by atoms with Crippen LogP contribution in [0, 0.1) is 0 Å². The summed E-state index contributed by atoms with van der Waals surface area (Å²) in [5.41, 5.74) is 0.271. The van der Waals surface area contributed by atoms with Crippen molar-refractivity contribution < 1.29 is 28.2 Å². The van der Waals surface area contributed by atoms with Crippen LogP contribution in [0.4, 0.5) is 0 Å². The molecule has 1 aliphatic heterocycles. The number of ether oxygens (including phenoxy) is 3. The van der Waals surface area contributed by atoms with Crippen molar-refractivity contribution >= 4 is 32.9 Å². The summed E-state index contributed by atoms with van der Waals surface area (Å²) in [6, 6.07) is 6.37. The summed E-state index contributed by atoms with van der Waals surface area (Å²) in [4.78, 5) is 26.2. The number of aliphatic hydroxyl groups is 1. The van der Waals surface area contributed by atoms with Gasteiger partial charge in [0.2, 0.25) is 11.0 Å². The minimum atomic E-state index is -0.776. The third-order valence-corrected chi connectivity index (χ3v) is 5.58. The monoisotopic (exact) mass is 422 g/mol. The van der Waals surface area contributed by atoms with E-state index >= 15 is 0 Å². The third kappa shape index (κ3) is 2.72. The smallest absolute Gasteiger partial charge is 0.380 e. The highest BCUT2D eigenvalue weighted by Gasteiger charge is 2.29. The topological polar surface area (TPSA) is 108 Å². The Balaban J connectivity index is 1.86. The van der Waals surface area contributed by atoms with Crippen molar-refractivity contribution in [3.8, 4) is 17.2 Å². The average molecular weight is 422 g/mol. The van der Waals surface area contributed by atoms with Gasteiger partial charge in [-0.2, -0.15) is 0 Å². The third-order valence-electron chi connectivity index (χ3n) is 5.58. The molecule has 5 rings (SSSR count). The summed E-state index contributed by atoms with van der Waals surface area (Å²) < 4.78 is 27.8. The molecular weight excluding hydrogens is 404 g/mol. The van der Waals surface area contributed by atoms with E-state index in [9.17, 15) is 14.7 Å². The second-order valence-electron chi connectivity index (χ2n) is 7.27. The summed E-state index contributed by atoms with van der Waals surface area (Å²) in [5.74, 6) is 1.27. The van der Waals surface area contributed by atoms with Gasteiger partial charge in [-0.25, -0.2) is 4.79 Å². The van der Waals surface area contributed by atoms with Gasteiger partial charge >= 0.3 is 5.63 Å². The first-order valence-electron chi connectivity index (χ1n) is 9.53. The highest BCUT2D eigenvalue weighted by Crippen LogP contribution is 2.38. The summed E-state index contributed by atoms with van der Waals surface area (Å²) >= 11 is 0. The number of methoxy groups -OCH3 is 2. The van der Waals surface area contributed by atoms with Crippen LogP contribution in [0.1, 0.15) is 5.56 Å². The standard InChI is InChI=1S/C23H18O8/c1-10(9-24)15-7-13-14(29-15)5-4-11-20(25)19-12-6-17(27-2)18(28-3)8-16(12)30-23(26)22(19)31-21(11)13/h4-6,8,15,24H,1,7,9H2,2-3H3/t15-/m0/s1. The maximum atomic E-state index is 13.5. The van der Waals surface area contributed by atoms with Gasteiger partial charge in [0, 0.05) is 23.4 Å². The van der Waals surface area contributed by atoms with E-state index in [1.54, 1.807) is 18.2 Å². The van der Waals surface area contributed by atoms with Crippen LogP contribution in [-0.4, -0.2) is 32.0 Å². The van der Waals surface area contributed by atoms with Crippen LogP contribution in [0.3, 0.4) is 0 Å². The van der Waals surface area contributed by atoms with Gasteiger partial charge < -0.3 is 28.2 Å². The molecule has 0 aliphatic carbocycles. The zero-order valence-electron chi connectivity index (χ0n) is 16.8. The van der Waals surface area contributed by atoms with E-state index in [1.165, 1.54) is 20.3 Å². The fraction of sp³-hybridized carbons (Fsp3) is 0.217. The second kappa shape index (κ2) is 6.88. The van der Waals surface area contributed by atoms with E-state index < -0.39 is 11.7 Å². The van der Waals surface area contributed by atoms with Crippen molar-refractivity contribution in [3.63, 3.8) is 0 Å². The SMILES string of the molecule is C=C(CO)[C@@H]1Cc2c(ccc3c(=O)c4c(oc23)c(=O)oc2cc(OC)c(OC)cc24)O1. The number of benzene rings is 2. The molecule has 8 nitrogen and oxygen atoms in total. The Labute approximate surface area is 174 Å². The highest BCUT2D eigenvalue weighted by atomic mass is 16.5. The first kappa shape index (κ1) is 19.2. The Bertz CT molecular complexity index is 1510. The predicted octanol–water partition coefficient (Wildman–Crippen LogP) is 2.92. The molecule has 0 fully saturated rings.